The van der Waals surface area contributed by atoms with Crippen LogP contribution < -0.4 is 20.4 Å². The quantitative estimate of drug-likeness (QED) is 0.145. The van der Waals surface area contributed by atoms with Gasteiger partial charge in [0.1, 0.15) is 0 Å². The van der Waals surface area contributed by atoms with Gasteiger partial charge in [-0.15, -0.1) is 0 Å². The minimum absolute atomic E-state index is 0. The maximum Gasteiger partial charge on any atom is 2.00 e. The topological polar surface area (TPSA) is 365 Å². The molecule has 0 aromatic carbocycles. The molecule has 0 spiro atoms. The molecule has 0 N–H and O–H groups in total. The number of rotatable bonds is 0. The second-order valence-corrected chi connectivity index (χ2v) is 45.0. The van der Waals surface area contributed by atoms with Crippen molar-refractivity contribution >= 4 is 188 Å². The van der Waals surface area contributed by atoms with E-state index in [1.54, 1.807) is 0 Å². The summed E-state index contributed by atoms with van der Waals surface area (Å²) in [6.45, 7) is 120. The number of hydrogen-bond donors (Lipinski definition) is 0. The first-order valence-electron chi connectivity index (χ1n) is 20.4. The molecular formula is C50H128Au2O20P10Pd21+2. The maximum absolute atomic E-state index is 8.25. The van der Waals surface area contributed by atoms with Crippen LogP contribution in [0, 0.1) is 0 Å². The summed E-state index contributed by atoms with van der Waals surface area (Å²) in [5.74, 6) is 0. The average molecular weight is 3990 g/mol. The molecule has 0 unspecified atom stereocenters. The van der Waals surface area contributed by atoms with Crippen LogP contribution in [-0.4, -0.2) is 337 Å². The third-order valence-electron chi connectivity index (χ3n) is 0. The van der Waals surface area contributed by atoms with Gasteiger partial charge < -0.3 is 97.1 Å². The third kappa shape index (κ3) is 7470. The van der Waals surface area contributed by atoms with E-state index in [0.29, 0.717) is 0 Å². The van der Waals surface area contributed by atoms with E-state index in [9.17, 15) is 0 Å². The average Bonchev–Trinajstić information content (AvgIpc) is 3.44. The zero-order valence-electron chi connectivity index (χ0n) is 63.6. The monoisotopic (exact) mass is 3980 g/mol. The van der Waals surface area contributed by atoms with Crippen molar-refractivity contribution in [3.63, 3.8) is 0 Å². The molecule has 2 radical (unpaired) electrons. The normalized spacial score (nSPS) is 4.35. The molecule has 0 aromatic rings. The SMILES string of the molecule is C[O-].C[O-].C[O-].C[O-].C[PH+](C)C.C[PH+](C)C.C[PH+](C)C.C[PH+](C)C.C[PH+](C)C.C[PH+](C)C.C[PH+](C)C.C[PH+](C)C.C[PH+](C)C.C[PH+](C)C.[Au].[Au].[CH-]=O.[CH-]=O.[CH-]=O.[CH-]=O.[CH-]=O.[CH-]=O.[CH-]=O.[CH-]=O.[CH-]=O.[CH-]=O.[CH-]=O.[CH-]=O.[CH-]=O.[CH-]=O.[CH-]=O.[CH-]=O.[Pd+2].[Pd+2].[Pd+2].[Pd+2].[Pd+2].[Pd+2].[Pd].[Pd].[Pd].[Pd].[Pd].[Pd].[Pd].[Pd].[Pd].[Pd].[Pd].[Pd].[Pd].[Pd].[Pd]. The van der Waals surface area contributed by atoms with Crippen LogP contribution in [0.1, 0.15) is 0 Å². The first kappa shape index (κ1) is 384. The predicted molar refractivity (Wildman–Crippen MR) is 393 cm³/mol. The van der Waals surface area contributed by atoms with Gasteiger partial charge in [0, 0.05) is 551 Å². The second-order valence-electron chi connectivity index (χ2n) is 15.0. The summed E-state index contributed by atoms with van der Waals surface area (Å²) in [4.78, 5) is 124. The Labute approximate surface area is 969 Å². The molecule has 0 bridgehead atoms. The van der Waals surface area contributed by atoms with Crippen molar-refractivity contribution in [2.24, 2.45) is 0 Å². The summed E-state index contributed by atoms with van der Waals surface area (Å²) in [7, 11) is 4.20. The van der Waals surface area contributed by atoms with Crippen LogP contribution in [0.4, 0.5) is 0 Å². The molecule has 0 amide bonds. The van der Waals surface area contributed by atoms with Gasteiger partial charge in [0.25, 0.3) is 0 Å². The van der Waals surface area contributed by atoms with Crippen molar-refractivity contribution in [2.75, 3.05) is 228 Å². The minimum Gasteiger partial charge on any atom is -0.857 e. The molecule has 0 aliphatic heterocycles. The standard InChI is InChI=1S/10C3H9P.4CH3O.16CHO.2Au.21Pd/c10*1-4(2)3;20*1-2;;;;;;;;;;;;;;;;;;;;;;;/h10*1-3H3;4*1H3;16*1H;;;;;;;;;;;;;;;;;;;;;;;/q;;;;;;;;;;20*-1;;;;;;;;;;;;;;;;;;6*+2/p+10. The zero-order chi connectivity index (χ0) is 75.8. The molecule has 53 heteroatoms. The number of carbonyl (C=O) groups excluding carboxylic acids is 16. The van der Waals surface area contributed by atoms with Crippen LogP contribution in [0.2, 0.25) is 0 Å². The molecule has 0 aromatic heterocycles. The Bertz CT molecular complexity index is 490. The van der Waals surface area contributed by atoms with Crippen LogP contribution >= 0.6 is 79.2 Å². The number of hydrogen-bond acceptors (Lipinski definition) is 20. The fourth-order valence-corrected chi connectivity index (χ4v) is 0. The van der Waals surface area contributed by atoms with Gasteiger partial charge in [0.2, 0.25) is 0 Å². The molecule has 0 aliphatic rings. The van der Waals surface area contributed by atoms with Gasteiger partial charge >= 0.3 is 123 Å². The van der Waals surface area contributed by atoms with E-state index in [1.165, 1.54) is 0 Å². The van der Waals surface area contributed by atoms with Crippen molar-refractivity contribution in [3.8, 4) is 0 Å². The Hall–Kier alpha value is 14.2. The van der Waals surface area contributed by atoms with Gasteiger partial charge in [-0.1, -0.05) is 0 Å². The largest absolute Gasteiger partial charge is 2.00 e. The summed E-state index contributed by atoms with van der Waals surface area (Å²) in [6, 6.07) is 0. The van der Waals surface area contributed by atoms with Crippen LogP contribution in [0.5, 0.6) is 0 Å². The van der Waals surface area contributed by atoms with E-state index in [-0.39, 0.29) is 553 Å². The Kier molecular flexibility index (Phi) is 2940. The van der Waals surface area contributed by atoms with Gasteiger partial charge in [-0.25, -0.2) is 0 Å². The molecule has 0 heterocycles. The van der Waals surface area contributed by atoms with Crippen molar-refractivity contribution < 1.29 is 571 Å². The Morgan fingerprint density at radius 3 is 0.117 bits per heavy atom. The molecule has 0 fully saturated rings. The Morgan fingerprint density at radius 2 is 0.117 bits per heavy atom. The van der Waals surface area contributed by atoms with E-state index in [0.717, 1.165) is 28.4 Å². The molecule has 20 nitrogen and oxygen atoms in total. The Morgan fingerprint density at radius 1 is 0.117 bits per heavy atom. The summed E-state index contributed by atoms with van der Waals surface area (Å²) < 4.78 is 0. The molecule has 0 aliphatic carbocycles. The molecule has 728 valence electrons. The fourth-order valence-electron chi connectivity index (χ4n) is 0. The van der Waals surface area contributed by atoms with E-state index in [4.69, 9.17) is 97.1 Å². The summed E-state index contributed by atoms with van der Waals surface area (Å²) in [5, 5.41) is 33.0. The van der Waals surface area contributed by atoms with Gasteiger partial charge in [0.05, 0.1) is 0 Å². The van der Waals surface area contributed by atoms with Gasteiger partial charge in [-0.05, 0) is 79.2 Å². The first-order chi connectivity index (χ1) is 37.3. The van der Waals surface area contributed by atoms with Gasteiger partial charge in [-0.3, -0.25) is 109 Å². The van der Waals surface area contributed by atoms with Gasteiger partial charge in [0.15, 0.2) is 0 Å². The van der Waals surface area contributed by atoms with Crippen molar-refractivity contribution in [3.05, 3.63) is 0 Å². The van der Waals surface area contributed by atoms with Crippen molar-refractivity contribution in [1.29, 1.82) is 0 Å². The van der Waals surface area contributed by atoms with E-state index < -0.39 is 0 Å². The predicted octanol–water partition coefficient (Wildman–Crippen LogP) is 2.36. The molecule has 0 rings (SSSR count). The minimum atomic E-state index is 0. The van der Waals surface area contributed by atoms with Crippen LogP contribution in [0.25, 0.3) is 0 Å². The second kappa shape index (κ2) is 789. The molecule has 103 heavy (non-hydrogen) atoms. The zero-order valence-corrected chi connectivity index (χ0v) is 111. The molecule has 0 atom stereocenters. The smallest absolute Gasteiger partial charge is 0.857 e. The van der Waals surface area contributed by atoms with Gasteiger partial charge in [-0.2, -0.15) is 28.4 Å². The molecule has 0 saturated carbocycles. The van der Waals surface area contributed by atoms with Crippen LogP contribution in [-0.2, 0) is 550 Å². The van der Waals surface area contributed by atoms with Crippen molar-refractivity contribution in [1.82, 2.24) is 0 Å². The summed E-state index contributed by atoms with van der Waals surface area (Å²) in [6.07, 6.45) is 0. The molecular weight excluding hydrogens is 3860 g/mol. The summed E-state index contributed by atoms with van der Waals surface area (Å²) in [5.41, 5.74) is 0. The first-order valence-corrected chi connectivity index (χ1v) is 50.4. The van der Waals surface area contributed by atoms with Crippen LogP contribution in [0.15, 0.2) is 0 Å². The fraction of sp³-hybridized carbons (Fsp3) is 0.680. The van der Waals surface area contributed by atoms with Crippen LogP contribution in [0.3, 0.4) is 0 Å². The molecule has 0 saturated heterocycles. The Balaban J connectivity index is -0.00000000491. The third-order valence-corrected chi connectivity index (χ3v) is 0. The van der Waals surface area contributed by atoms with E-state index in [2.05, 4.69) is 309 Å². The maximum atomic E-state index is 8.25. The summed E-state index contributed by atoms with van der Waals surface area (Å²) >= 11 is 0. The van der Waals surface area contributed by atoms with E-state index >= 15 is 0 Å². The van der Waals surface area contributed by atoms with Crippen molar-refractivity contribution in [2.45, 2.75) is 0 Å². The van der Waals surface area contributed by atoms with E-state index in [1.807, 2.05) is 0 Å².